The fourth-order valence-electron chi connectivity index (χ4n) is 2.76. The second-order valence-corrected chi connectivity index (χ2v) is 6.80. The van der Waals surface area contributed by atoms with Crippen molar-refractivity contribution in [1.82, 2.24) is 10.1 Å². The maximum Gasteiger partial charge on any atom is 0.276 e. The van der Waals surface area contributed by atoms with Crippen molar-refractivity contribution in [2.75, 3.05) is 33.1 Å². The smallest absolute Gasteiger partial charge is 0.276 e. The number of ether oxygens (including phenoxy) is 2. The highest BCUT2D eigenvalue weighted by atomic mass is 35.5. The first-order valence-corrected chi connectivity index (χ1v) is 9.29. The molecule has 0 aliphatic carbocycles. The van der Waals surface area contributed by atoms with Crippen LogP contribution in [0.4, 0.5) is 5.69 Å². The summed E-state index contributed by atoms with van der Waals surface area (Å²) in [5, 5.41) is 7.02. The van der Waals surface area contributed by atoms with Gasteiger partial charge in [0.1, 0.15) is 11.5 Å². The Labute approximate surface area is 178 Å². The number of rotatable bonds is 7. The number of benzene rings is 2. The van der Waals surface area contributed by atoms with Gasteiger partial charge in [-0.05, 0) is 36.4 Å². The van der Waals surface area contributed by atoms with Gasteiger partial charge in [0.25, 0.3) is 5.91 Å². The number of methoxy groups -OCH3 is 2. The lowest BCUT2D eigenvalue weighted by molar-refractivity contribution is -0.116. The van der Waals surface area contributed by atoms with Crippen LogP contribution in [0.25, 0.3) is 11.3 Å². The highest BCUT2D eigenvalue weighted by Gasteiger charge is 2.21. The largest absolute Gasteiger partial charge is 0.497 e. The van der Waals surface area contributed by atoms with E-state index in [2.05, 4.69) is 10.5 Å². The van der Waals surface area contributed by atoms with Crippen molar-refractivity contribution in [2.24, 2.45) is 0 Å². The number of likely N-dealkylation sites (N-methyl/N-ethyl adjacent to an activating group) is 1. The zero-order valence-electron chi connectivity index (χ0n) is 16.6. The summed E-state index contributed by atoms with van der Waals surface area (Å²) in [7, 11) is 4.57. The van der Waals surface area contributed by atoms with Crippen LogP contribution in [0.15, 0.2) is 53.1 Å². The van der Waals surface area contributed by atoms with Crippen LogP contribution < -0.4 is 14.8 Å². The predicted octanol–water partition coefficient (Wildman–Crippen LogP) is 3.72. The van der Waals surface area contributed by atoms with E-state index in [4.69, 9.17) is 25.6 Å². The Morgan fingerprint density at radius 3 is 2.63 bits per heavy atom. The van der Waals surface area contributed by atoms with E-state index in [1.807, 2.05) is 0 Å². The van der Waals surface area contributed by atoms with Crippen molar-refractivity contribution < 1.29 is 23.6 Å². The van der Waals surface area contributed by atoms with Crippen LogP contribution in [0, 0.1) is 0 Å². The van der Waals surface area contributed by atoms with E-state index in [1.165, 1.54) is 25.1 Å². The quantitative estimate of drug-likeness (QED) is 0.615. The number of hydrogen-bond acceptors (Lipinski definition) is 6. The highest BCUT2D eigenvalue weighted by Crippen LogP contribution is 2.33. The van der Waals surface area contributed by atoms with Gasteiger partial charge in [-0.1, -0.05) is 22.8 Å². The molecule has 30 heavy (non-hydrogen) atoms. The Morgan fingerprint density at radius 1 is 1.13 bits per heavy atom. The lowest BCUT2D eigenvalue weighted by atomic mass is 10.1. The van der Waals surface area contributed by atoms with Crippen molar-refractivity contribution in [2.45, 2.75) is 0 Å². The Morgan fingerprint density at radius 2 is 1.93 bits per heavy atom. The standard InChI is InChI=1S/C21H20ClN3O5/c1-25(12-20(26)23-14-6-4-5-13(22)9-14)21(27)17-11-19(30-24-17)16-10-15(28-2)7-8-18(16)29-3/h4-11H,12H2,1-3H3,(H,23,26). The zero-order chi connectivity index (χ0) is 21.7. The summed E-state index contributed by atoms with van der Waals surface area (Å²) in [6.07, 6.45) is 0. The van der Waals surface area contributed by atoms with E-state index in [9.17, 15) is 9.59 Å². The molecule has 1 heterocycles. The van der Waals surface area contributed by atoms with Gasteiger partial charge in [-0.3, -0.25) is 9.59 Å². The first-order chi connectivity index (χ1) is 14.4. The summed E-state index contributed by atoms with van der Waals surface area (Å²) in [4.78, 5) is 26.1. The molecule has 0 radical (unpaired) electrons. The number of carbonyl (C=O) groups excluding carboxylic acids is 2. The molecule has 0 fully saturated rings. The fraction of sp³-hybridized carbons (Fsp3) is 0.190. The van der Waals surface area contributed by atoms with E-state index in [-0.39, 0.29) is 18.1 Å². The molecule has 0 spiro atoms. The maximum absolute atomic E-state index is 12.7. The molecule has 8 nitrogen and oxygen atoms in total. The van der Waals surface area contributed by atoms with Crippen molar-refractivity contribution in [3.05, 3.63) is 59.2 Å². The molecule has 3 rings (SSSR count). The first-order valence-electron chi connectivity index (χ1n) is 8.91. The van der Waals surface area contributed by atoms with Gasteiger partial charge in [-0.25, -0.2) is 0 Å². The molecule has 1 aromatic heterocycles. The first kappa shape index (κ1) is 21.2. The summed E-state index contributed by atoms with van der Waals surface area (Å²) >= 11 is 5.91. The number of halogens is 1. The topological polar surface area (TPSA) is 93.9 Å². The van der Waals surface area contributed by atoms with Crippen molar-refractivity contribution in [1.29, 1.82) is 0 Å². The molecule has 0 aliphatic heterocycles. The lowest BCUT2D eigenvalue weighted by Crippen LogP contribution is -2.35. The Bertz CT molecular complexity index is 1070. The van der Waals surface area contributed by atoms with E-state index >= 15 is 0 Å². The summed E-state index contributed by atoms with van der Waals surface area (Å²) in [6.45, 7) is -0.171. The molecule has 0 bridgehead atoms. The van der Waals surface area contributed by atoms with Gasteiger partial charge in [0, 0.05) is 23.8 Å². The maximum atomic E-state index is 12.7. The Hall–Kier alpha value is -3.52. The molecule has 3 aromatic rings. The molecule has 0 aliphatic rings. The molecule has 0 atom stereocenters. The number of amides is 2. The third-order valence-corrected chi connectivity index (χ3v) is 4.47. The van der Waals surface area contributed by atoms with Crippen molar-refractivity contribution in [3.63, 3.8) is 0 Å². The van der Waals surface area contributed by atoms with Gasteiger partial charge in [-0.2, -0.15) is 0 Å². The number of anilines is 1. The number of nitrogens with zero attached hydrogens (tertiary/aromatic N) is 2. The summed E-state index contributed by atoms with van der Waals surface area (Å²) in [5.74, 6) is 0.648. The molecule has 1 N–H and O–H groups in total. The summed E-state index contributed by atoms with van der Waals surface area (Å²) in [6, 6.07) is 13.4. The number of aromatic nitrogens is 1. The predicted molar refractivity (Wildman–Crippen MR) is 112 cm³/mol. The molecular formula is C21H20ClN3O5. The zero-order valence-corrected chi connectivity index (χ0v) is 17.4. The van der Waals surface area contributed by atoms with Gasteiger partial charge >= 0.3 is 0 Å². The average Bonchev–Trinajstić information content (AvgIpc) is 3.22. The molecule has 0 unspecified atom stereocenters. The second-order valence-electron chi connectivity index (χ2n) is 6.36. The van der Waals surface area contributed by atoms with Crippen molar-refractivity contribution >= 4 is 29.1 Å². The number of hydrogen-bond donors (Lipinski definition) is 1. The van der Waals surface area contributed by atoms with E-state index < -0.39 is 5.91 Å². The van der Waals surface area contributed by atoms with Crippen molar-refractivity contribution in [3.8, 4) is 22.8 Å². The van der Waals surface area contributed by atoms with Crippen LogP contribution in [0.3, 0.4) is 0 Å². The van der Waals surface area contributed by atoms with E-state index in [0.717, 1.165) is 0 Å². The molecule has 156 valence electrons. The third-order valence-electron chi connectivity index (χ3n) is 4.24. The average molecular weight is 430 g/mol. The lowest BCUT2D eigenvalue weighted by Gasteiger charge is -2.15. The van der Waals surface area contributed by atoms with Crippen LogP contribution >= 0.6 is 11.6 Å². The van der Waals surface area contributed by atoms with Gasteiger partial charge < -0.3 is 24.2 Å². The highest BCUT2D eigenvalue weighted by molar-refractivity contribution is 6.30. The minimum Gasteiger partial charge on any atom is -0.497 e. The number of nitrogens with one attached hydrogen (secondary N) is 1. The monoisotopic (exact) mass is 429 g/mol. The number of carbonyl (C=O) groups is 2. The van der Waals surface area contributed by atoms with Crippen LogP contribution in [0.1, 0.15) is 10.5 Å². The van der Waals surface area contributed by atoms with Gasteiger partial charge in [0.05, 0.1) is 26.3 Å². The van der Waals surface area contributed by atoms with Crippen LogP contribution in [-0.2, 0) is 4.79 Å². The minimum absolute atomic E-state index is 0.0629. The van der Waals surface area contributed by atoms with Gasteiger partial charge in [0.2, 0.25) is 5.91 Å². The molecule has 0 saturated heterocycles. The molecule has 9 heteroatoms. The second kappa shape index (κ2) is 9.32. The Balaban J connectivity index is 1.70. The molecule has 0 saturated carbocycles. The van der Waals surface area contributed by atoms with Crippen LogP contribution in [0.2, 0.25) is 5.02 Å². The fourth-order valence-corrected chi connectivity index (χ4v) is 2.95. The summed E-state index contributed by atoms with van der Waals surface area (Å²) < 4.78 is 15.9. The summed E-state index contributed by atoms with van der Waals surface area (Å²) in [5.41, 5.74) is 1.19. The van der Waals surface area contributed by atoms with Crippen LogP contribution in [0.5, 0.6) is 11.5 Å². The molecule has 2 aromatic carbocycles. The van der Waals surface area contributed by atoms with Crippen LogP contribution in [-0.4, -0.2) is 49.7 Å². The van der Waals surface area contributed by atoms with Gasteiger partial charge in [-0.15, -0.1) is 0 Å². The SMILES string of the molecule is COc1ccc(OC)c(-c2cc(C(=O)N(C)CC(=O)Nc3cccc(Cl)c3)no2)c1. The van der Waals surface area contributed by atoms with Gasteiger partial charge in [0.15, 0.2) is 11.5 Å². The third kappa shape index (κ3) is 4.90. The molecular weight excluding hydrogens is 410 g/mol. The minimum atomic E-state index is -0.465. The Kier molecular flexibility index (Phi) is 6.58. The normalized spacial score (nSPS) is 10.4. The van der Waals surface area contributed by atoms with E-state index in [1.54, 1.807) is 49.6 Å². The molecule has 2 amide bonds. The van der Waals surface area contributed by atoms with E-state index in [0.29, 0.717) is 33.5 Å².